The van der Waals surface area contributed by atoms with E-state index >= 15 is 0 Å². The van der Waals surface area contributed by atoms with Crippen LogP contribution in [-0.2, 0) is 17.7 Å². The highest BCUT2D eigenvalue weighted by molar-refractivity contribution is 6.04. The minimum atomic E-state index is -0.350. The number of anilines is 3. The number of carbonyl (C=O) groups excluding carboxylic acids is 2. The SMILES string of the molecule is Cc1ccc(NC(=O)Nc2ccc(N3CCc4ccccc4C3)c(C(=O)NCC3CCCO3)c2)c(C)c1. The fourth-order valence-corrected chi connectivity index (χ4v) is 5.12. The summed E-state index contributed by atoms with van der Waals surface area (Å²) in [5.41, 5.74) is 7.47. The number of ether oxygens (including phenoxy) is 1. The predicted molar refractivity (Wildman–Crippen MR) is 148 cm³/mol. The average Bonchev–Trinajstić information content (AvgIpc) is 3.42. The number of nitrogens with zero attached hydrogens (tertiary/aromatic N) is 1. The summed E-state index contributed by atoms with van der Waals surface area (Å²) < 4.78 is 5.68. The number of hydrogen-bond donors (Lipinski definition) is 3. The van der Waals surface area contributed by atoms with E-state index in [1.165, 1.54) is 11.1 Å². The Morgan fingerprint density at radius 1 is 1.00 bits per heavy atom. The van der Waals surface area contributed by atoms with Gasteiger partial charge in [0.25, 0.3) is 5.91 Å². The van der Waals surface area contributed by atoms with E-state index in [2.05, 4.69) is 45.1 Å². The van der Waals surface area contributed by atoms with E-state index in [0.29, 0.717) is 17.8 Å². The molecule has 192 valence electrons. The molecule has 3 aromatic rings. The maximum atomic E-state index is 13.4. The summed E-state index contributed by atoms with van der Waals surface area (Å²) in [4.78, 5) is 28.4. The van der Waals surface area contributed by atoms with E-state index in [1.807, 2.05) is 44.2 Å². The summed E-state index contributed by atoms with van der Waals surface area (Å²) in [6, 6.07) is 19.5. The van der Waals surface area contributed by atoms with Crippen LogP contribution in [0, 0.1) is 13.8 Å². The Morgan fingerprint density at radius 3 is 2.62 bits per heavy atom. The third kappa shape index (κ3) is 5.94. The van der Waals surface area contributed by atoms with Crippen molar-refractivity contribution >= 4 is 29.0 Å². The largest absolute Gasteiger partial charge is 0.376 e. The van der Waals surface area contributed by atoms with Gasteiger partial charge in [0.15, 0.2) is 0 Å². The van der Waals surface area contributed by atoms with Crippen LogP contribution in [0.25, 0.3) is 0 Å². The lowest BCUT2D eigenvalue weighted by Crippen LogP contribution is -2.35. The molecule has 0 aliphatic carbocycles. The van der Waals surface area contributed by atoms with E-state index in [9.17, 15) is 9.59 Å². The highest BCUT2D eigenvalue weighted by atomic mass is 16.5. The Kier molecular flexibility index (Phi) is 7.42. The molecule has 7 nitrogen and oxygen atoms in total. The van der Waals surface area contributed by atoms with Gasteiger partial charge in [0.05, 0.1) is 11.7 Å². The molecule has 3 amide bonds. The van der Waals surface area contributed by atoms with E-state index in [4.69, 9.17) is 4.74 Å². The number of benzene rings is 3. The molecule has 0 bridgehead atoms. The number of hydrogen-bond acceptors (Lipinski definition) is 4. The van der Waals surface area contributed by atoms with Crippen LogP contribution in [-0.4, -0.2) is 37.7 Å². The topological polar surface area (TPSA) is 82.7 Å². The van der Waals surface area contributed by atoms with Crippen LogP contribution in [0.15, 0.2) is 60.7 Å². The molecule has 2 heterocycles. The number of rotatable bonds is 6. The van der Waals surface area contributed by atoms with Gasteiger partial charge in [-0.1, -0.05) is 42.0 Å². The van der Waals surface area contributed by atoms with Crippen LogP contribution >= 0.6 is 0 Å². The van der Waals surface area contributed by atoms with E-state index < -0.39 is 0 Å². The molecule has 0 radical (unpaired) electrons. The zero-order valence-electron chi connectivity index (χ0n) is 21.5. The molecule has 1 atom stereocenters. The van der Waals surface area contributed by atoms with Gasteiger partial charge in [-0.3, -0.25) is 4.79 Å². The van der Waals surface area contributed by atoms with Gasteiger partial charge in [0.2, 0.25) is 0 Å². The maximum absolute atomic E-state index is 13.4. The fourth-order valence-electron chi connectivity index (χ4n) is 5.12. The summed E-state index contributed by atoms with van der Waals surface area (Å²) in [7, 11) is 0. The molecule has 5 rings (SSSR count). The standard InChI is InChI=1S/C30H34N4O3/c1-20-9-11-27(21(2)16-20)33-30(36)32-24-10-12-28(34-14-13-22-6-3-4-7-23(22)19-34)26(17-24)29(35)31-18-25-8-5-15-37-25/h3-4,6-7,9-12,16-17,25H,5,8,13-15,18-19H2,1-2H3,(H,31,35)(H2,32,33,36). The lowest BCUT2D eigenvalue weighted by molar-refractivity contribution is 0.0858. The van der Waals surface area contributed by atoms with Crippen LogP contribution < -0.4 is 20.9 Å². The molecule has 2 aliphatic rings. The van der Waals surface area contributed by atoms with Gasteiger partial charge in [0, 0.05) is 43.3 Å². The van der Waals surface area contributed by atoms with Crippen molar-refractivity contribution in [2.45, 2.75) is 45.8 Å². The van der Waals surface area contributed by atoms with E-state index in [1.54, 1.807) is 6.07 Å². The molecule has 1 fully saturated rings. The molecule has 3 aromatic carbocycles. The Bertz CT molecular complexity index is 1300. The second-order valence-electron chi connectivity index (χ2n) is 9.91. The Labute approximate surface area is 218 Å². The van der Waals surface area contributed by atoms with Crippen LogP contribution in [0.4, 0.5) is 21.9 Å². The smallest absolute Gasteiger partial charge is 0.323 e. The summed E-state index contributed by atoms with van der Waals surface area (Å²) >= 11 is 0. The lowest BCUT2D eigenvalue weighted by Gasteiger charge is -2.32. The monoisotopic (exact) mass is 498 g/mol. The van der Waals surface area contributed by atoms with Crippen molar-refractivity contribution in [3.8, 4) is 0 Å². The Hall–Kier alpha value is -3.84. The molecular formula is C30H34N4O3. The van der Waals surface area contributed by atoms with Gasteiger partial charge in [-0.25, -0.2) is 4.79 Å². The summed E-state index contributed by atoms with van der Waals surface area (Å²) in [6.07, 6.45) is 2.95. The number of fused-ring (bicyclic) bond motifs is 1. The minimum Gasteiger partial charge on any atom is -0.376 e. The first-order valence-electron chi connectivity index (χ1n) is 13.0. The van der Waals surface area contributed by atoms with E-state index in [-0.39, 0.29) is 18.0 Å². The molecule has 1 saturated heterocycles. The zero-order chi connectivity index (χ0) is 25.8. The molecule has 7 heteroatoms. The highest BCUT2D eigenvalue weighted by Gasteiger charge is 2.23. The van der Waals surface area contributed by atoms with Crippen molar-refractivity contribution in [3.63, 3.8) is 0 Å². The first-order chi connectivity index (χ1) is 18.0. The van der Waals surface area contributed by atoms with E-state index in [0.717, 1.165) is 61.5 Å². The third-order valence-electron chi connectivity index (χ3n) is 7.11. The van der Waals surface area contributed by atoms with Crippen molar-refractivity contribution in [2.24, 2.45) is 0 Å². The number of urea groups is 1. The van der Waals surface area contributed by atoms with Gasteiger partial charge >= 0.3 is 6.03 Å². The van der Waals surface area contributed by atoms with Crippen LogP contribution in [0.1, 0.15) is 45.5 Å². The van der Waals surface area contributed by atoms with Gasteiger partial charge in [-0.05, 0) is 74.1 Å². The first kappa shape index (κ1) is 24.8. The van der Waals surface area contributed by atoms with Crippen molar-refractivity contribution in [2.75, 3.05) is 35.2 Å². The van der Waals surface area contributed by atoms with Gasteiger partial charge in [-0.2, -0.15) is 0 Å². The average molecular weight is 499 g/mol. The number of amides is 3. The summed E-state index contributed by atoms with van der Waals surface area (Å²) in [5, 5.41) is 8.86. The van der Waals surface area contributed by atoms with Crippen LogP contribution in [0.5, 0.6) is 0 Å². The summed E-state index contributed by atoms with van der Waals surface area (Å²) in [6.45, 7) is 6.76. The van der Waals surface area contributed by atoms with Crippen molar-refractivity contribution in [1.29, 1.82) is 0 Å². The molecule has 0 saturated carbocycles. The second kappa shape index (κ2) is 11.0. The predicted octanol–water partition coefficient (Wildman–Crippen LogP) is 5.42. The molecule has 1 unspecified atom stereocenters. The van der Waals surface area contributed by atoms with Gasteiger partial charge in [-0.15, -0.1) is 0 Å². The molecule has 2 aliphatic heterocycles. The third-order valence-corrected chi connectivity index (χ3v) is 7.11. The molecule has 37 heavy (non-hydrogen) atoms. The normalized spacial score (nSPS) is 16.7. The first-order valence-corrected chi connectivity index (χ1v) is 13.0. The minimum absolute atomic E-state index is 0.0547. The van der Waals surface area contributed by atoms with Crippen molar-refractivity contribution < 1.29 is 14.3 Å². The van der Waals surface area contributed by atoms with Crippen LogP contribution in [0.3, 0.4) is 0 Å². The Balaban J connectivity index is 1.36. The highest BCUT2D eigenvalue weighted by Crippen LogP contribution is 2.30. The molecule has 0 aromatic heterocycles. The van der Waals surface area contributed by atoms with Gasteiger partial charge < -0.3 is 25.6 Å². The summed E-state index contributed by atoms with van der Waals surface area (Å²) in [5.74, 6) is -0.164. The van der Waals surface area contributed by atoms with Crippen molar-refractivity contribution in [1.82, 2.24) is 5.32 Å². The zero-order valence-corrected chi connectivity index (χ0v) is 21.5. The second-order valence-corrected chi connectivity index (χ2v) is 9.91. The lowest BCUT2D eigenvalue weighted by atomic mass is 9.98. The maximum Gasteiger partial charge on any atom is 0.323 e. The van der Waals surface area contributed by atoms with Gasteiger partial charge in [0.1, 0.15) is 0 Å². The fraction of sp³-hybridized carbons (Fsp3) is 0.333. The quantitative estimate of drug-likeness (QED) is 0.424. The van der Waals surface area contributed by atoms with Crippen molar-refractivity contribution in [3.05, 3.63) is 88.5 Å². The molecule has 3 N–H and O–H groups in total. The Morgan fingerprint density at radius 2 is 1.84 bits per heavy atom. The molecular weight excluding hydrogens is 464 g/mol. The molecule has 0 spiro atoms. The van der Waals surface area contributed by atoms with Crippen LogP contribution in [0.2, 0.25) is 0 Å². The number of aryl methyl sites for hydroxylation is 2. The number of nitrogens with one attached hydrogen (secondary N) is 3. The number of carbonyl (C=O) groups is 2.